The van der Waals surface area contributed by atoms with Crippen LogP contribution < -0.4 is 0 Å². The molecular weight excluding hydrogens is 516 g/mol. The SMILES string of the molecule is CC(C)[Si](OCCCC[C@@H]1C=C[C@H](CC(=O)N(C)C)[C@H]2CCN(C(=O)OCc3ccccc3)[C@@H]21)(C(C)C)C(C)C. The molecule has 1 saturated heterocycles. The molecule has 224 valence electrons. The van der Waals surface area contributed by atoms with Crippen LogP contribution in [0.4, 0.5) is 4.79 Å². The van der Waals surface area contributed by atoms with Crippen molar-refractivity contribution in [3.8, 4) is 0 Å². The summed E-state index contributed by atoms with van der Waals surface area (Å²) < 4.78 is 12.6. The second-order valence-electron chi connectivity index (χ2n) is 13.0. The maximum atomic E-state index is 13.3. The van der Waals surface area contributed by atoms with Gasteiger partial charge in [0.2, 0.25) is 5.91 Å². The topological polar surface area (TPSA) is 59.1 Å². The van der Waals surface area contributed by atoms with Crippen molar-refractivity contribution in [2.24, 2.45) is 17.8 Å². The molecule has 2 aliphatic rings. The maximum absolute atomic E-state index is 13.3. The summed E-state index contributed by atoms with van der Waals surface area (Å²) in [6.45, 7) is 15.8. The molecular formula is C33H54N2O4Si. The van der Waals surface area contributed by atoms with E-state index in [0.717, 1.165) is 37.9 Å². The van der Waals surface area contributed by atoms with E-state index < -0.39 is 8.32 Å². The van der Waals surface area contributed by atoms with Crippen molar-refractivity contribution in [2.75, 3.05) is 27.2 Å². The van der Waals surface area contributed by atoms with Gasteiger partial charge in [-0.15, -0.1) is 0 Å². The smallest absolute Gasteiger partial charge is 0.410 e. The number of hydrogen-bond acceptors (Lipinski definition) is 4. The first-order valence-electron chi connectivity index (χ1n) is 15.5. The minimum Gasteiger partial charge on any atom is -0.445 e. The van der Waals surface area contributed by atoms with Crippen molar-refractivity contribution in [2.45, 2.75) is 103 Å². The number of fused-ring (bicyclic) bond motifs is 1. The van der Waals surface area contributed by atoms with E-state index in [4.69, 9.17) is 9.16 Å². The molecule has 1 aliphatic heterocycles. The number of nitrogens with zero attached hydrogens (tertiary/aromatic N) is 2. The molecule has 2 amide bonds. The Balaban J connectivity index is 1.66. The van der Waals surface area contributed by atoms with Crippen molar-refractivity contribution in [1.29, 1.82) is 0 Å². The summed E-state index contributed by atoms with van der Waals surface area (Å²) in [6.07, 6.45) is 8.81. The highest BCUT2D eigenvalue weighted by atomic mass is 28.4. The second kappa shape index (κ2) is 14.7. The van der Waals surface area contributed by atoms with E-state index >= 15 is 0 Å². The van der Waals surface area contributed by atoms with Gasteiger partial charge in [0.05, 0.1) is 0 Å². The van der Waals surface area contributed by atoms with Gasteiger partial charge in [0.25, 0.3) is 0 Å². The zero-order valence-electron chi connectivity index (χ0n) is 26.3. The fraction of sp³-hybridized carbons (Fsp3) is 0.697. The lowest BCUT2D eigenvalue weighted by Crippen LogP contribution is -2.48. The molecule has 1 aliphatic carbocycles. The van der Waals surface area contributed by atoms with Crippen LogP contribution in [0.15, 0.2) is 42.5 Å². The molecule has 1 aromatic rings. The van der Waals surface area contributed by atoms with E-state index in [1.54, 1.807) is 4.90 Å². The zero-order valence-corrected chi connectivity index (χ0v) is 27.3. The minimum absolute atomic E-state index is 0.0737. The van der Waals surface area contributed by atoms with Crippen LogP contribution in [0.5, 0.6) is 0 Å². The largest absolute Gasteiger partial charge is 0.445 e. The number of hydrogen-bond donors (Lipinski definition) is 0. The van der Waals surface area contributed by atoms with Crippen LogP contribution in [-0.2, 0) is 20.6 Å². The Labute approximate surface area is 244 Å². The van der Waals surface area contributed by atoms with Crippen LogP contribution in [0, 0.1) is 17.8 Å². The Morgan fingerprint density at radius 3 is 2.17 bits per heavy atom. The van der Waals surface area contributed by atoms with E-state index in [-0.39, 0.29) is 42.4 Å². The Bertz CT molecular complexity index is 956. The number of allylic oxidation sites excluding steroid dienone is 1. The minimum atomic E-state index is -1.86. The quantitative estimate of drug-likeness (QED) is 0.139. The molecule has 4 atom stereocenters. The third-order valence-corrected chi connectivity index (χ3v) is 15.6. The van der Waals surface area contributed by atoms with E-state index in [2.05, 4.69) is 53.7 Å². The predicted octanol–water partition coefficient (Wildman–Crippen LogP) is 7.66. The summed E-state index contributed by atoms with van der Waals surface area (Å²) in [5.41, 5.74) is 2.76. The summed E-state index contributed by atoms with van der Waals surface area (Å²) >= 11 is 0. The number of benzene rings is 1. The molecule has 3 rings (SSSR count). The fourth-order valence-electron chi connectivity index (χ4n) is 7.51. The summed E-state index contributed by atoms with van der Waals surface area (Å²) in [6, 6.07) is 9.92. The highest BCUT2D eigenvalue weighted by Gasteiger charge is 2.47. The fourth-order valence-corrected chi connectivity index (χ4v) is 13.0. The normalized spacial score (nSPS) is 22.7. The molecule has 0 saturated carbocycles. The molecule has 0 aromatic heterocycles. The van der Waals surface area contributed by atoms with E-state index in [1.807, 2.05) is 49.3 Å². The summed E-state index contributed by atoms with van der Waals surface area (Å²) in [5.74, 6) is 0.843. The number of carbonyl (C=O) groups excluding carboxylic acids is 2. The number of likely N-dealkylation sites (tertiary alicyclic amines) is 1. The maximum Gasteiger partial charge on any atom is 0.410 e. The van der Waals surface area contributed by atoms with Gasteiger partial charge in [-0.2, -0.15) is 0 Å². The molecule has 0 spiro atoms. The summed E-state index contributed by atoms with van der Waals surface area (Å²) in [7, 11) is 1.77. The van der Waals surface area contributed by atoms with Gasteiger partial charge < -0.3 is 19.0 Å². The number of unbranched alkanes of at least 4 members (excludes halogenated alkanes) is 1. The van der Waals surface area contributed by atoms with Crippen LogP contribution >= 0.6 is 0 Å². The van der Waals surface area contributed by atoms with Gasteiger partial charge in [-0.25, -0.2) is 4.79 Å². The summed E-state index contributed by atoms with van der Waals surface area (Å²) in [5, 5.41) is 0. The average molecular weight is 571 g/mol. The molecule has 7 heteroatoms. The molecule has 0 radical (unpaired) electrons. The first kappa shape index (κ1) is 32.4. The van der Waals surface area contributed by atoms with Crippen LogP contribution in [0.3, 0.4) is 0 Å². The van der Waals surface area contributed by atoms with Crippen molar-refractivity contribution in [3.05, 3.63) is 48.0 Å². The number of ether oxygens (including phenoxy) is 1. The Kier molecular flexibility index (Phi) is 11.9. The van der Waals surface area contributed by atoms with E-state index in [9.17, 15) is 9.59 Å². The lowest BCUT2D eigenvalue weighted by molar-refractivity contribution is -0.129. The van der Waals surface area contributed by atoms with Gasteiger partial charge >= 0.3 is 6.09 Å². The lowest BCUT2D eigenvalue weighted by atomic mass is 9.72. The van der Waals surface area contributed by atoms with Gasteiger partial charge in [-0.3, -0.25) is 4.79 Å². The van der Waals surface area contributed by atoms with Gasteiger partial charge in [-0.05, 0) is 59.2 Å². The Hall–Kier alpha value is -2.12. The molecule has 0 unspecified atom stereocenters. The first-order chi connectivity index (χ1) is 19.0. The molecule has 1 fully saturated rings. The monoisotopic (exact) mass is 570 g/mol. The Morgan fingerprint density at radius 1 is 0.950 bits per heavy atom. The molecule has 6 nitrogen and oxygen atoms in total. The standard InChI is InChI=1S/C33H54N2O4Si/c1-24(2)40(25(3)4,26(5)6)39-21-13-12-16-28-17-18-29(22-31(36)34(7)8)30-19-20-35(32(28)30)33(37)38-23-27-14-10-9-11-15-27/h9-11,14-15,17-18,24-26,28-30,32H,12-13,16,19-23H2,1-8H3/t28-,29-,30-,32-/m1/s1. The summed E-state index contributed by atoms with van der Waals surface area (Å²) in [4.78, 5) is 29.6. The van der Waals surface area contributed by atoms with Crippen LogP contribution in [0.2, 0.25) is 16.6 Å². The van der Waals surface area contributed by atoms with Crippen molar-refractivity contribution >= 4 is 20.3 Å². The van der Waals surface area contributed by atoms with Crippen molar-refractivity contribution in [3.63, 3.8) is 0 Å². The van der Waals surface area contributed by atoms with Crippen LogP contribution in [-0.4, -0.2) is 63.4 Å². The third-order valence-electron chi connectivity index (χ3n) is 9.44. The molecule has 1 heterocycles. The predicted molar refractivity (Wildman–Crippen MR) is 166 cm³/mol. The third kappa shape index (κ3) is 7.58. The average Bonchev–Trinajstić information content (AvgIpc) is 3.36. The number of amides is 2. The molecule has 40 heavy (non-hydrogen) atoms. The van der Waals surface area contributed by atoms with Crippen LogP contribution in [0.25, 0.3) is 0 Å². The highest BCUT2D eigenvalue weighted by molar-refractivity contribution is 6.77. The van der Waals surface area contributed by atoms with E-state index in [0.29, 0.717) is 29.6 Å². The van der Waals surface area contributed by atoms with Gasteiger partial charge in [-0.1, -0.05) is 90.4 Å². The molecule has 0 N–H and O–H groups in total. The van der Waals surface area contributed by atoms with Gasteiger partial charge in [0.1, 0.15) is 6.61 Å². The first-order valence-corrected chi connectivity index (χ1v) is 17.6. The number of rotatable bonds is 13. The molecule has 0 bridgehead atoms. The number of carbonyl (C=O) groups is 2. The molecule has 1 aromatic carbocycles. The van der Waals surface area contributed by atoms with Crippen molar-refractivity contribution in [1.82, 2.24) is 9.80 Å². The van der Waals surface area contributed by atoms with Gasteiger partial charge in [0.15, 0.2) is 8.32 Å². The van der Waals surface area contributed by atoms with Gasteiger partial charge in [0, 0.05) is 39.7 Å². The van der Waals surface area contributed by atoms with E-state index in [1.165, 1.54) is 0 Å². The van der Waals surface area contributed by atoms with Crippen molar-refractivity contribution < 1.29 is 18.8 Å². The lowest BCUT2D eigenvalue weighted by Gasteiger charge is -2.42. The van der Waals surface area contributed by atoms with Crippen LogP contribution in [0.1, 0.15) is 79.2 Å². The highest BCUT2D eigenvalue weighted by Crippen LogP contribution is 2.44. The zero-order chi connectivity index (χ0) is 29.4. The Morgan fingerprint density at radius 2 is 1.57 bits per heavy atom. The second-order valence-corrected chi connectivity index (χ2v) is 18.5.